The van der Waals surface area contributed by atoms with Crippen molar-refractivity contribution in [1.82, 2.24) is 9.55 Å². The molecule has 0 amide bonds. The zero-order chi connectivity index (χ0) is 15.5. The van der Waals surface area contributed by atoms with E-state index >= 15 is 0 Å². The summed E-state index contributed by atoms with van der Waals surface area (Å²) in [5.74, 6) is 0.989. The number of hydrogen-bond acceptors (Lipinski definition) is 2. The van der Waals surface area contributed by atoms with Crippen LogP contribution in [0.15, 0.2) is 48.5 Å². The molecule has 1 unspecified atom stereocenters. The summed E-state index contributed by atoms with van der Waals surface area (Å²) in [7, 11) is 0. The van der Waals surface area contributed by atoms with E-state index < -0.39 is 0 Å². The Labute approximate surface area is 131 Å². The number of aryl methyl sites for hydroxylation is 1. The van der Waals surface area contributed by atoms with Crippen molar-refractivity contribution in [1.29, 1.82) is 0 Å². The molecule has 22 heavy (non-hydrogen) atoms. The van der Waals surface area contributed by atoms with Crippen LogP contribution in [0.25, 0.3) is 11.0 Å². The fourth-order valence-corrected chi connectivity index (χ4v) is 2.86. The summed E-state index contributed by atoms with van der Waals surface area (Å²) in [6.07, 6.45) is 2.02. The molecule has 1 atom stereocenters. The number of para-hydroxylation sites is 2. The van der Waals surface area contributed by atoms with Gasteiger partial charge in [-0.25, -0.2) is 4.98 Å². The van der Waals surface area contributed by atoms with Crippen molar-refractivity contribution in [3.8, 4) is 0 Å². The highest BCUT2D eigenvalue weighted by molar-refractivity contribution is 5.76. The van der Waals surface area contributed by atoms with Crippen molar-refractivity contribution < 1.29 is 0 Å². The second kappa shape index (κ2) is 6.32. The van der Waals surface area contributed by atoms with Crippen LogP contribution >= 0.6 is 0 Å². The van der Waals surface area contributed by atoms with Crippen LogP contribution in [0.4, 0.5) is 0 Å². The van der Waals surface area contributed by atoms with E-state index in [-0.39, 0.29) is 6.04 Å². The summed E-state index contributed by atoms with van der Waals surface area (Å²) < 4.78 is 2.26. The lowest BCUT2D eigenvalue weighted by Gasteiger charge is -2.14. The van der Waals surface area contributed by atoms with Crippen LogP contribution in [-0.2, 0) is 6.54 Å². The molecule has 3 nitrogen and oxygen atoms in total. The van der Waals surface area contributed by atoms with Gasteiger partial charge in [0.2, 0.25) is 0 Å². The highest BCUT2D eigenvalue weighted by Gasteiger charge is 2.16. The monoisotopic (exact) mass is 293 g/mol. The van der Waals surface area contributed by atoms with E-state index in [9.17, 15) is 0 Å². The van der Waals surface area contributed by atoms with Gasteiger partial charge in [0.15, 0.2) is 0 Å². The molecular weight excluding hydrogens is 270 g/mol. The molecule has 0 bridgehead atoms. The van der Waals surface area contributed by atoms with Gasteiger partial charge < -0.3 is 10.3 Å². The zero-order valence-corrected chi connectivity index (χ0v) is 13.3. The topological polar surface area (TPSA) is 43.8 Å². The van der Waals surface area contributed by atoms with Crippen molar-refractivity contribution in [2.24, 2.45) is 5.73 Å². The number of nitrogens with two attached hydrogens (primary N) is 1. The lowest BCUT2D eigenvalue weighted by atomic mass is 10.1. The Bertz CT molecular complexity index is 756. The standard InChI is InChI=1S/C19H23N3/c1-3-6-16(20)19-21-17-7-4-5-8-18(17)22(19)13-15-11-9-14(2)10-12-15/h4-5,7-12,16H,3,6,13,20H2,1-2H3. The molecule has 0 aliphatic rings. The maximum absolute atomic E-state index is 6.36. The predicted molar refractivity (Wildman–Crippen MR) is 91.9 cm³/mol. The van der Waals surface area contributed by atoms with Crippen molar-refractivity contribution in [3.05, 3.63) is 65.5 Å². The van der Waals surface area contributed by atoms with E-state index in [0.717, 1.165) is 36.2 Å². The van der Waals surface area contributed by atoms with Crippen LogP contribution in [0, 0.1) is 6.92 Å². The second-order valence-electron chi connectivity index (χ2n) is 5.93. The fraction of sp³-hybridized carbons (Fsp3) is 0.316. The Morgan fingerprint density at radius 2 is 1.82 bits per heavy atom. The summed E-state index contributed by atoms with van der Waals surface area (Å²) in [5.41, 5.74) is 11.1. The van der Waals surface area contributed by atoms with Crippen LogP contribution in [0.1, 0.15) is 42.8 Å². The summed E-state index contributed by atoms with van der Waals surface area (Å²) in [6, 6.07) is 16.9. The highest BCUT2D eigenvalue weighted by Crippen LogP contribution is 2.23. The van der Waals surface area contributed by atoms with Crippen molar-refractivity contribution in [2.45, 2.75) is 39.3 Å². The van der Waals surface area contributed by atoms with Gasteiger partial charge in [0.05, 0.1) is 17.1 Å². The number of aromatic nitrogens is 2. The van der Waals surface area contributed by atoms with Gasteiger partial charge in [-0.3, -0.25) is 0 Å². The first-order chi connectivity index (χ1) is 10.7. The Kier molecular flexibility index (Phi) is 4.25. The molecule has 0 spiro atoms. The molecule has 114 valence electrons. The lowest BCUT2D eigenvalue weighted by molar-refractivity contribution is 0.572. The van der Waals surface area contributed by atoms with Gasteiger partial charge in [-0.05, 0) is 31.0 Å². The average Bonchev–Trinajstić information content (AvgIpc) is 2.89. The largest absolute Gasteiger partial charge is 0.322 e. The van der Waals surface area contributed by atoms with Gasteiger partial charge in [-0.15, -0.1) is 0 Å². The molecule has 3 rings (SSSR count). The number of benzene rings is 2. The number of nitrogens with zero attached hydrogens (tertiary/aromatic N) is 2. The lowest BCUT2D eigenvalue weighted by Crippen LogP contribution is -2.17. The predicted octanol–water partition coefficient (Wildman–Crippen LogP) is 4.19. The first-order valence-corrected chi connectivity index (χ1v) is 7.95. The molecule has 3 heteroatoms. The summed E-state index contributed by atoms with van der Waals surface area (Å²) >= 11 is 0. The Morgan fingerprint density at radius 1 is 1.09 bits per heavy atom. The molecule has 3 aromatic rings. The summed E-state index contributed by atoms with van der Waals surface area (Å²) in [6.45, 7) is 5.08. The van der Waals surface area contributed by atoms with Crippen LogP contribution < -0.4 is 5.73 Å². The minimum Gasteiger partial charge on any atom is -0.322 e. The smallest absolute Gasteiger partial charge is 0.127 e. The van der Waals surface area contributed by atoms with E-state index in [0.29, 0.717) is 0 Å². The second-order valence-corrected chi connectivity index (χ2v) is 5.93. The number of fused-ring (bicyclic) bond motifs is 1. The van der Waals surface area contributed by atoms with E-state index in [1.54, 1.807) is 0 Å². The molecule has 2 aromatic carbocycles. The van der Waals surface area contributed by atoms with Gasteiger partial charge in [0.25, 0.3) is 0 Å². The third kappa shape index (κ3) is 2.90. The molecular formula is C19H23N3. The molecule has 0 saturated carbocycles. The van der Waals surface area contributed by atoms with Crippen LogP contribution in [0.5, 0.6) is 0 Å². The van der Waals surface area contributed by atoms with Gasteiger partial charge in [0.1, 0.15) is 5.82 Å². The number of rotatable bonds is 5. The first-order valence-electron chi connectivity index (χ1n) is 7.95. The molecule has 0 aliphatic carbocycles. The molecule has 0 saturated heterocycles. The van der Waals surface area contributed by atoms with Crippen molar-refractivity contribution in [3.63, 3.8) is 0 Å². The van der Waals surface area contributed by atoms with Crippen molar-refractivity contribution in [2.75, 3.05) is 0 Å². The summed E-state index contributed by atoms with van der Waals surface area (Å²) in [4.78, 5) is 4.78. The fourth-order valence-electron chi connectivity index (χ4n) is 2.86. The maximum Gasteiger partial charge on any atom is 0.127 e. The Balaban J connectivity index is 2.05. The Hall–Kier alpha value is -2.13. The number of imidazole rings is 1. The average molecular weight is 293 g/mol. The van der Waals surface area contributed by atoms with E-state index in [2.05, 4.69) is 60.9 Å². The van der Waals surface area contributed by atoms with E-state index in [1.165, 1.54) is 11.1 Å². The third-order valence-corrected chi connectivity index (χ3v) is 4.08. The van der Waals surface area contributed by atoms with Crippen LogP contribution in [-0.4, -0.2) is 9.55 Å². The maximum atomic E-state index is 6.36. The molecule has 2 N–H and O–H groups in total. The van der Waals surface area contributed by atoms with Gasteiger partial charge in [-0.1, -0.05) is 55.3 Å². The molecule has 1 heterocycles. The minimum absolute atomic E-state index is 0.0113. The van der Waals surface area contributed by atoms with Crippen LogP contribution in [0.3, 0.4) is 0 Å². The number of hydrogen-bond donors (Lipinski definition) is 1. The molecule has 0 aliphatic heterocycles. The first kappa shape index (κ1) is 14.8. The third-order valence-electron chi connectivity index (χ3n) is 4.08. The SMILES string of the molecule is CCCC(N)c1nc2ccccc2n1Cc1ccc(C)cc1. The molecule has 0 radical (unpaired) electrons. The minimum atomic E-state index is -0.0113. The summed E-state index contributed by atoms with van der Waals surface area (Å²) in [5, 5.41) is 0. The Morgan fingerprint density at radius 3 is 2.55 bits per heavy atom. The molecule has 0 fully saturated rings. The van der Waals surface area contributed by atoms with Gasteiger partial charge in [-0.2, -0.15) is 0 Å². The van der Waals surface area contributed by atoms with Crippen LogP contribution in [0.2, 0.25) is 0 Å². The van der Waals surface area contributed by atoms with Crippen molar-refractivity contribution >= 4 is 11.0 Å². The van der Waals surface area contributed by atoms with E-state index in [4.69, 9.17) is 10.7 Å². The van der Waals surface area contributed by atoms with E-state index in [1.807, 2.05) is 6.07 Å². The quantitative estimate of drug-likeness (QED) is 0.766. The zero-order valence-electron chi connectivity index (χ0n) is 13.3. The van der Waals surface area contributed by atoms with Gasteiger partial charge in [0, 0.05) is 6.54 Å². The molecule has 1 aromatic heterocycles. The van der Waals surface area contributed by atoms with Gasteiger partial charge >= 0.3 is 0 Å². The normalized spacial score (nSPS) is 12.7. The highest BCUT2D eigenvalue weighted by atomic mass is 15.1.